The van der Waals surface area contributed by atoms with Gasteiger partial charge in [-0.3, -0.25) is 16.3 Å². The maximum absolute atomic E-state index is 5.62. The third-order valence-corrected chi connectivity index (χ3v) is 4.06. The molecule has 2 aromatic heterocycles. The molecule has 2 rings (SSSR count). The van der Waals surface area contributed by atoms with Crippen molar-refractivity contribution in [3.8, 4) is 0 Å². The zero-order valence-corrected chi connectivity index (χ0v) is 11.9. The van der Waals surface area contributed by atoms with E-state index in [-0.39, 0.29) is 6.04 Å². The fourth-order valence-electron chi connectivity index (χ4n) is 1.69. The van der Waals surface area contributed by atoms with Crippen LogP contribution in [-0.4, -0.2) is 4.98 Å². The smallest absolute Gasteiger partial charge is 0.0594 e. The molecule has 3 nitrogen and oxygen atoms in total. The number of rotatable bonds is 4. The van der Waals surface area contributed by atoms with E-state index in [1.165, 1.54) is 9.75 Å². The Morgan fingerprint density at radius 1 is 1.47 bits per heavy atom. The third kappa shape index (κ3) is 3.35. The monoisotopic (exact) mass is 311 g/mol. The Morgan fingerprint density at radius 3 is 2.88 bits per heavy atom. The van der Waals surface area contributed by atoms with Crippen LogP contribution in [0.15, 0.2) is 35.1 Å². The number of nitrogens with one attached hydrogen (secondary N) is 1. The van der Waals surface area contributed by atoms with Gasteiger partial charge in [-0.2, -0.15) is 0 Å². The zero-order chi connectivity index (χ0) is 12.3. The van der Waals surface area contributed by atoms with Gasteiger partial charge in [0.05, 0.1) is 6.04 Å². The molecule has 17 heavy (non-hydrogen) atoms. The molecule has 0 amide bonds. The lowest BCUT2D eigenvalue weighted by Crippen LogP contribution is -2.28. The van der Waals surface area contributed by atoms with Crippen LogP contribution < -0.4 is 11.3 Å². The predicted molar refractivity (Wildman–Crippen MR) is 74.8 cm³/mol. The lowest BCUT2D eigenvalue weighted by atomic mass is 10.1. The van der Waals surface area contributed by atoms with E-state index in [0.717, 1.165) is 16.5 Å². The van der Waals surface area contributed by atoms with Crippen molar-refractivity contribution >= 4 is 27.3 Å². The van der Waals surface area contributed by atoms with Crippen molar-refractivity contribution < 1.29 is 0 Å². The molecule has 0 spiro atoms. The van der Waals surface area contributed by atoms with Gasteiger partial charge in [0, 0.05) is 26.6 Å². The Hall–Kier alpha value is -0.750. The number of hydrogen-bond donors (Lipinski definition) is 2. The number of hydrogen-bond acceptors (Lipinski definition) is 4. The Morgan fingerprint density at radius 2 is 2.29 bits per heavy atom. The van der Waals surface area contributed by atoms with Gasteiger partial charge in [0.15, 0.2) is 0 Å². The van der Waals surface area contributed by atoms with Crippen molar-refractivity contribution in [1.29, 1.82) is 0 Å². The molecule has 0 saturated carbocycles. The number of thiophene rings is 1. The highest BCUT2D eigenvalue weighted by Crippen LogP contribution is 2.25. The van der Waals surface area contributed by atoms with Gasteiger partial charge in [-0.05, 0) is 53.0 Å². The van der Waals surface area contributed by atoms with Crippen LogP contribution in [0.1, 0.15) is 21.4 Å². The maximum atomic E-state index is 5.62. The molecule has 2 aromatic rings. The fourth-order valence-corrected chi connectivity index (χ4v) is 3.04. The first kappa shape index (κ1) is 12.7. The second-order valence-electron chi connectivity index (χ2n) is 3.88. The molecule has 0 aliphatic carbocycles. The largest absolute Gasteiger partial charge is 0.271 e. The SMILES string of the molecule is Cc1ccc(C(Cc2cncc(Br)c2)NN)s1. The van der Waals surface area contributed by atoms with Crippen LogP contribution in [0.2, 0.25) is 0 Å². The number of hydrazine groups is 1. The summed E-state index contributed by atoms with van der Waals surface area (Å²) in [5.41, 5.74) is 4.03. The highest BCUT2D eigenvalue weighted by molar-refractivity contribution is 9.10. The first-order chi connectivity index (χ1) is 8.19. The summed E-state index contributed by atoms with van der Waals surface area (Å²) in [5.74, 6) is 5.62. The van der Waals surface area contributed by atoms with Crippen LogP contribution in [0, 0.1) is 6.92 Å². The normalized spacial score (nSPS) is 12.6. The third-order valence-electron chi connectivity index (χ3n) is 2.51. The van der Waals surface area contributed by atoms with Crippen LogP contribution in [0.3, 0.4) is 0 Å². The minimum atomic E-state index is 0.143. The summed E-state index contributed by atoms with van der Waals surface area (Å²) in [7, 11) is 0. The molecular weight excluding hydrogens is 298 g/mol. The summed E-state index contributed by atoms with van der Waals surface area (Å²) in [4.78, 5) is 6.71. The van der Waals surface area contributed by atoms with E-state index in [4.69, 9.17) is 5.84 Å². The van der Waals surface area contributed by atoms with E-state index in [2.05, 4.69) is 51.5 Å². The van der Waals surface area contributed by atoms with E-state index in [1.807, 2.05) is 6.20 Å². The summed E-state index contributed by atoms with van der Waals surface area (Å²) < 4.78 is 0.994. The summed E-state index contributed by atoms with van der Waals surface area (Å²) in [6.07, 6.45) is 4.49. The predicted octanol–water partition coefficient (Wildman–Crippen LogP) is 2.96. The van der Waals surface area contributed by atoms with Gasteiger partial charge in [-0.25, -0.2) is 0 Å². The number of pyridine rings is 1. The van der Waals surface area contributed by atoms with Gasteiger partial charge in [-0.1, -0.05) is 0 Å². The van der Waals surface area contributed by atoms with Gasteiger partial charge in [0.1, 0.15) is 0 Å². The van der Waals surface area contributed by atoms with E-state index in [0.29, 0.717) is 0 Å². The highest BCUT2D eigenvalue weighted by atomic mass is 79.9. The van der Waals surface area contributed by atoms with E-state index >= 15 is 0 Å². The molecule has 90 valence electrons. The first-order valence-electron chi connectivity index (χ1n) is 5.31. The molecule has 0 saturated heterocycles. The zero-order valence-electron chi connectivity index (χ0n) is 9.48. The lowest BCUT2D eigenvalue weighted by molar-refractivity contribution is 0.560. The molecule has 0 fully saturated rings. The molecule has 0 aliphatic rings. The fraction of sp³-hybridized carbons (Fsp3) is 0.250. The van der Waals surface area contributed by atoms with E-state index in [9.17, 15) is 0 Å². The molecule has 0 radical (unpaired) electrons. The minimum absolute atomic E-state index is 0.143. The maximum Gasteiger partial charge on any atom is 0.0594 e. The number of halogens is 1. The summed E-state index contributed by atoms with van der Waals surface area (Å²) in [6, 6.07) is 6.45. The molecule has 3 N–H and O–H groups in total. The quantitative estimate of drug-likeness (QED) is 0.674. The van der Waals surface area contributed by atoms with Crippen LogP contribution in [0.25, 0.3) is 0 Å². The lowest BCUT2D eigenvalue weighted by Gasteiger charge is -2.14. The Bertz CT molecular complexity index is 498. The second-order valence-corrected chi connectivity index (χ2v) is 6.12. The molecular formula is C12H14BrN3S. The Labute approximate surface area is 113 Å². The van der Waals surface area contributed by atoms with Gasteiger partial charge in [0.2, 0.25) is 0 Å². The van der Waals surface area contributed by atoms with Crippen LogP contribution >= 0.6 is 27.3 Å². The molecule has 0 aliphatic heterocycles. The molecule has 5 heteroatoms. The van der Waals surface area contributed by atoms with Gasteiger partial charge >= 0.3 is 0 Å². The van der Waals surface area contributed by atoms with Crippen molar-refractivity contribution in [1.82, 2.24) is 10.4 Å². The summed E-state index contributed by atoms with van der Waals surface area (Å²) >= 11 is 5.19. The van der Waals surface area contributed by atoms with E-state index in [1.54, 1.807) is 17.5 Å². The summed E-state index contributed by atoms with van der Waals surface area (Å²) in [5, 5.41) is 0. The minimum Gasteiger partial charge on any atom is -0.271 e. The standard InChI is InChI=1S/C12H14BrN3S/c1-8-2-3-12(17-8)11(16-14)5-9-4-10(13)7-15-6-9/h2-4,6-7,11,16H,5,14H2,1H3. The topological polar surface area (TPSA) is 50.9 Å². The molecule has 0 bridgehead atoms. The van der Waals surface area contributed by atoms with E-state index < -0.39 is 0 Å². The number of nitrogens with zero attached hydrogens (tertiary/aromatic N) is 1. The molecule has 0 aromatic carbocycles. The highest BCUT2D eigenvalue weighted by Gasteiger charge is 2.12. The number of aromatic nitrogens is 1. The van der Waals surface area contributed by atoms with Crippen LogP contribution in [-0.2, 0) is 6.42 Å². The van der Waals surface area contributed by atoms with Gasteiger partial charge in [-0.15, -0.1) is 11.3 Å². The second kappa shape index (κ2) is 5.73. The van der Waals surface area contributed by atoms with Crippen LogP contribution in [0.5, 0.6) is 0 Å². The number of nitrogens with two attached hydrogens (primary N) is 1. The van der Waals surface area contributed by atoms with Crippen molar-refractivity contribution in [2.45, 2.75) is 19.4 Å². The van der Waals surface area contributed by atoms with Crippen molar-refractivity contribution in [2.24, 2.45) is 5.84 Å². The summed E-state index contributed by atoms with van der Waals surface area (Å²) in [6.45, 7) is 2.10. The molecule has 1 unspecified atom stereocenters. The van der Waals surface area contributed by atoms with Gasteiger partial charge in [0.25, 0.3) is 0 Å². The first-order valence-corrected chi connectivity index (χ1v) is 6.92. The van der Waals surface area contributed by atoms with Crippen molar-refractivity contribution in [3.63, 3.8) is 0 Å². The average molecular weight is 312 g/mol. The van der Waals surface area contributed by atoms with Crippen LogP contribution in [0.4, 0.5) is 0 Å². The molecule has 2 heterocycles. The number of aryl methyl sites for hydroxylation is 1. The average Bonchev–Trinajstić information content (AvgIpc) is 2.73. The Kier molecular flexibility index (Phi) is 4.28. The molecule has 1 atom stereocenters. The van der Waals surface area contributed by atoms with Crippen molar-refractivity contribution in [3.05, 3.63) is 50.4 Å². The Balaban J connectivity index is 2.15. The van der Waals surface area contributed by atoms with Crippen molar-refractivity contribution in [2.75, 3.05) is 0 Å². The van der Waals surface area contributed by atoms with Gasteiger partial charge < -0.3 is 0 Å².